The van der Waals surface area contributed by atoms with Crippen LogP contribution in [0.4, 0.5) is 0 Å². The SMILES string of the molecule is CCCN(CCC)CCOCCOCC(C)OCCN(CCC)CCC. The van der Waals surface area contributed by atoms with Crippen molar-refractivity contribution in [2.75, 3.05) is 72.3 Å². The van der Waals surface area contributed by atoms with Gasteiger partial charge in [-0.3, -0.25) is 0 Å². The van der Waals surface area contributed by atoms with E-state index in [1.165, 1.54) is 25.7 Å². The molecule has 1 unspecified atom stereocenters. The van der Waals surface area contributed by atoms with E-state index in [-0.39, 0.29) is 6.10 Å². The fraction of sp³-hybridized carbons (Fsp3) is 1.00. The third-order valence-corrected chi connectivity index (χ3v) is 4.25. The molecule has 0 aliphatic rings. The van der Waals surface area contributed by atoms with Crippen LogP contribution in [0.15, 0.2) is 0 Å². The van der Waals surface area contributed by atoms with E-state index in [2.05, 4.69) is 44.4 Å². The molecule has 0 spiro atoms. The van der Waals surface area contributed by atoms with Crippen LogP contribution < -0.4 is 0 Å². The highest BCUT2D eigenvalue weighted by molar-refractivity contribution is 4.57. The molecule has 0 N–H and O–H groups in total. The fourth-order valence-corrected chi connectivity index (χ4v) is 3.03. The number of ether oxygens (including phenoxy) is 3. The van der Waals surface area contributed by atoms with E-state index in [0.717, 1.165) is 52.5 Å². The summed E-state index contributed by atoms with van der Waals surface area (Å²) in [6.07, 6.45) is 4.95. The Labute approximate surface area is 163 Å². The minimum atomic E-state index is 0.143. The summed E-state index contributed by atoms with van der Waals surface area (Å²) in [5, 5.41) is 0. The molecular formula is C21H46N2O3. The Kier molecular flexibility index (Phi) is 19.4. The molecule has 5 nitrogen and oxygen atoms in total. The first-order valence-corrected chi connectivity index (χ1v) is 10.9. The molecule has 0 aliphatic carbocycles. The van der Waals surface area contributed by atoms with Gasteiger partial charge in [0, 0.05) is 13.1 Å². The highest BCUT2D eigenvalue weighted by atomic mass is 16.5. The van der Waals surface area contributed by atoms with Crippen molar-refractivity contribution in [3.63, 3.8) is 0 Å². The molecule has 0 bridgehead atoms. The van der Waals surface area contributed by atoms with Gasteiger partial charge in [-0.1, -0.05) is 27.7 Å². The molecule has 0 fully saturated rings. The molecule has 0 aromatic rings. The second-order valence-corrected chi connectivity index (χ2v) is 7.05. The normalized spacial score (nSPS) is 13.0. The van der Waals surface area contributed by atoms with Crippen molar-refractivity contribution in [3.05, 3.63) is 0 Å². The highest BCUT2D eigenvalue weighted by Gasteiger charge is 2.06. The Hall–Kier alpha value is -0.200. The molecule has 0 saturated carbocycles. The molecule has 0 aromatic carbocycles. The third kappa shape index (κ3) is 16.0. The Balaban J connectivity index is 3.54. The zero-order valence-corrected chi connectivity index (χ0v) is 18.3. The Morgan fingerprint density at radius 3 is 1.54 bits per heavy atom. The summed E-state index contributed by atoms with van der Waals surface area (Å²) in [4.78, 5) is 4.94. The fourth-order valence-electron chi connectivity index (χ4n) is 3.03. The second kappa shape index (κ2) is 19.6. The van der Waals surface area contributed by atoms with Gasteiger partial charge in [-0.15, -0.1) is 0 Å². The molecule has 0 amide bonds. The summed E-state index contributed by atoms with van der Waals surface area (Å²) in [5.41, 5.74) is 0. The molecule has 5 heteroatoms. The standard InChI is InChI=1S/C21H46N2O3/c1-6-10-22(11-7-2)14-16-24-18-19-25-20-21(5)26-17-15-23(12-8-3)13-9-4/h21H,6-20H2,1-5H3. The Bertz CT molecular complexity index is 268. The van der Waals surface area contributed by atoms with E-state index in [1.807, 2.05) is 0 Å². The van der Waals surface area contributed by atoms with Crippen LogP contribution in [0.25, 0.3) is 0 Å². The van der Waals surface area contributed by atoms with Crippen molar-refractivity contribution in [2.24, 2.45) is 0 Å². The van der Waals surface area contributed by atoms with Crippen LogP contribution in [-0.4, -0.2) is 88.2 Å². The van der Waals surface area contributed by atoms with Gasteiger partial charge in [0.1, 0.15) is 0 Å². The van der Waals surface area contributed by atoms with Gasteiger partial charge >= 0.3 is 0 Å². The van der Waals surface area contributed by atoms with Gasteiger partial charge < -0.3 is 24.0 Å². The summed E-state index contributed by atoms with van der Waals surface area (Å²) in [6, 6.07) is 0. The first-order chi connectivity index (χ1) is 12.7. The maximum atomic E-state index is 5.86. The van der Waals surface area contributed by atoms with Gasteiger partial charge in [0.25, 0.3) is 0 Å². The van der Waals surface area contributed by atoms with Crippen LogP contribution in [0, 0.1) is 0 Å². The molecule has 0 heterocycles. The predicted molar refractivity (Wildman–Crippen MR) is 111 cm³/mol. The lowest BCUT2D eigenvalue weighted by Gasteiger charge is -2.22. The van der Waals surface area contributed by atoms with E-state index < -0.39 is 0 Å². The van der Waals surface area contributed by atoms with Gasteiger partial charge in [0.15, 0.2) is 0 Å². The number of hydrogen-bond acceptors (Lipinski definition) is 5. The maximum Gasteiger partial charge on any atom is 0.0781 e. The summed E-state index contributed by atoms with van der Waals surface area (Å²) < 4.78 is 17.2. The molecule has 0 aromatic heterocycles. The van der Waals surface area contributed by atoms with Crippen LogP contribution in [-0.2, 0) is 14.2 Å². The van der Waals surface area contributed by atoms with Gasteiger partial charge in [-0.25, -0.2) is 0 Å². The van der Waals surface area contributed by atoms with Crippen molar-refractivity contribution < 1.29 is 14.2 Å². The average molecular weight is 375 g/mol. The zero-order valence-electron chi connectivity index (χ0n) is 18.3. The van der Waals surface area contributed by atoms with E-state index in [1.54, 1.807) is 0 Å². The summed E-state index contributed by atoms with van der Waals surface area (Å²) in [7, 11) is 0. The molecular weight excluding hydrogens is 328 g/mol. The van der Waals surface area contributed by atoms with Crippen LogP contribution in [0.3, 0.4) is 0 Å². The van der Waals surface area contributed by atoms with E-state index >= 15 is 0 Å². The molecule has 1 atom stereocenters. The molecule has 0 saturated heterocycles. The van der Waals surface area contributed by atoms with Crippen molar-refractivity contribution in [2.45, 2.75) is 66.4 Å². The topological polar surface area (TPSA) is 34.2 Å². The lowest BCUT2D eigenvalue weighted by molar-refractivity contribution is -0.0292. The zero-order chi connectivity index (χ0) is 19.5. The van der Waals surface area contributed by atoms with Gasteiger partial charge in [-0.05, 0) is 58.8 Å². The number of nitrogens with zero attached hydrogens (tertiary/aromatic N) is 2. The minimum Gasteiger partial charge on any atom is -0.378 e. The molecule has 0 radical (unpaired) electrons. The van der Waals surface area contributed by atoms with Crippen LogP contribution in [0.5, 0.6) is 0 Å². The second-order valence-electron chi connectivity index (χ2n) is 7.05. The summed E-state index contributed by atoms with van der Waals surface area (Å²) in [6.45, 7) is 21.2. The van der Waals surface area contributed by atoms with E-state index in [9.17, 15) is 0 Å². The van der Waals surface area contributed by atoms with E-state index in [4.69, 9.17) is 14.2 Å². The van der Waals surface area contributed by atoms with Crippen molar-refractivity contribution in [1.29, 1.82) is 0 Å². The summed E-state index contributed by atoms with van der Waals surface area (Å²) in [5.74, 6) is 0. The Morgan fingerprint density at radius 2 is 1.04 bits per heavy atom. The molecule has 158 valence electrons. The minimum absolute atomic E-state index is 0.143. The van der Waals surface area contributed by atoms with Crippen LogP contribution >= 0.6 is 0 Å². The smallest absolute Gasteiger partial charge is 0.0781 e. The van der Waals surface area contributed by atoms with Crippen LogP contribution in [0.2, 0.25) is 0 Å². The molecule has 0 rings (SSSR count). The monoisotopic (exact) mass is 374 g/mol. The lowest BCUT2D eigenvalue weighted by Crippen LogP contribution is -2.31. The Morgan fingerprint density at radius 1 is 0.577 bits per heavy atom. The first-order valence-electron chi connectivity index (χ1n) is 10.9. The largest absolute Gasteiger partial charge is 0.378 e. The highest BCUT2D eigenvalue weighted by Crippen LogP contribution is 1.98. The predicted octanol–water partition coefficient (Wildman–Crippen LogP) is 3.67. The third-order valence-electron chi connectivity index (χ3n) is 4.25. The average Bonchev–Trinajstić information content (AvgIpc) is 2.61. The van der Waals surface area contributed by atoms with Gasteiger partial charge in [-0.2, -0.15) is 0 Å². The van der Waals surface area contributed by atoms with Gasteiger partial charge in [0.2, 0.25) is 0 Å². The molecule has 0 aliphatic heterocycles. The lowest BCUT2D eigenvalue weighted by atomic mass is 10.3. The van der Waals surface area contributed by atoms with Gasteiger partial charge in [0.05, 0.1) is 39.1 Å². The van der Waals surface area contributed by atoms with Crippen molar-refractivity contribution in [1.82, 2.24) is 9.80 Å². The maximum absolute atomic E-state index is 5.86. The number of hydrogen-bond donors (Lipinski definition) is 0. The number of rotatable bonds is 20. The van der Waals surface area contributed by atoms with E-state index in [0.29, 0.717) is 19.8 Å². The molecule has 26 heavy (non-hydrogen) atoms. The summed E-state index contributed by atoms with van der Waals surface area (Å²) >= 11 is 0. The first kappa shape index (κ1) is 25.8. The van der Waals surface area contributed by atoms with Crippen molar-refractivity contribution in [3.8, 4) is 0 Å². The quantitative estimate of drug-likeness (QED) is 0.304. The van der Waals surface area contributed by atoms with Crippen molar-refractivity contribution >= 4 is 0 Å². The van der Waals surface area contributed by atoms with Crippen LogP contribution in [0.1, 0.15) is 60.3 Å².